The molecule has 0 N–H and O–H groups in total. The van der Waals surface area contributed by atoms with Crippen LogP contribution in [0.25, 0.3) is 60.9 Å². The lowest BCUT2D eigenvalue weighted by molar-refractivity contribution is 0.793. The van der Waals surface area contributed by atoms with Crippen LogP contribution in [0.5, 0.6) is 0 Å². The van der Waals surface area contributed by atoms with Crippen LogP contribution in [-0.4, -0.2) is 4.57 Å². The summed E-state index contributed by atoms with van der Waals surface area (Å²) in [6.07, 6.45) is 0. The van der Waals surface area contributed by atoms with Gasteiger partial charge >= 0.3 is 0 Å². The van der Waals surface area contributed by atoms with E-state index < -0.39 is 5.41 Å². The lowest BCUT2D eigenvalue weighted by atomic mass is 9.70. The van der Waals surface area contributed by atoms with Crippen molar-refractivity contribution >= 4 is 55.9 Å². The third-order valence-corrected chi connectivity index (χ3v) is 14.1. The molecule has 1 spiro atoms. The van der Waals surface area contributed by atoms with Gasteiger partial charge in [-0.3, -0.25) is 0 Å². The van der Waals surface area contributed by atoms with Crippen LogP contribution < -0.4 is 9.80 Å². The van der Waals surface area contributed by atoms with Crippen molar-refractivity contribution < 1.29 is 0 Å². The van der Waals surface area contributed by atoms with Gasteiger partial charge in [-0.25, -0.2) is 0 Å². The second-order valence-electron chi connectivity index (χ2n) is 17.2. The van der Waals surface area contributed by atoms with Crippen LogP contribution >= 0.6 is 0 Å². The van der Waals surface area contributed by atoms with Crippen LogP contribution in [0.2, 0.25) is 0 Å². The van der Waals surface area contributed by atoms with Crippen molar-refractivity contribution in [2.24, 2.45) is 0 Å². The molecular weight excluding hydrogens is 775 g/mol. The molecule has 0 saturated heterocycles. The molecule has 1 unspecified atom stereocenters. The first kappa shape index (κ1) is 35.2. The minimum Gasteiger partial charge on any atom is -0.310 e. The number of aromatic nitrogens is 1. The van der Waals surface area contributed by atoms with Gasteiger partial charge in [0.05, 0.1) is 27.8 Å². The van der Waals surface area contributed by atoms with Gasteiger partial charge in [0.25, 0.3) is 0 Å². The molecule has 3 aliphatic rings. The van der Waals surface area contributed by atoms with E-state index in [0.717, 1.165) is 39.8 Å². The fraction of sp³-hybridized carbons (Fsp3) is 0.0164. The van der Waals surface area contributed by atoms with E-state index in [-0.39, 0.29) is 0 Å². The maximum atomic E-state index is 2.52. The highest BCUT2D eigenvalue weighted by molar-refractivity contribution is 6.11. The number of fused-ring (bicyclic) bond motifs is 11. The number of rotatable bonds is 5. The van der Waals surface area contributed by atoms with Crippen molar-refractivity contribution in [2.45, 2.75) is 5.41 Å². The molecular formula is C61H39N3. The molecule has 11 aromatic rings. The first-order chi connectivity index (χ1) is 31.8. The smallest absolute Gasteiger partial charge is 0.0727 e. The summed E-state index contributed by atoms with van der Waals surface area (Å²) < 4.78 is 2.42. The summed E-state index contributed by atoms with van der Waals surface area (Å²) in [5.74, 6) is 0. The van der Waals surface area contributed by atoms with E-state index in [1.165, 1.54) is 77.4 Å². The highest BCUT2D eigenvalue weighted by Crippen LogP contribution is 2.66. The van der Waals surface area contributed by atoms with E-state index in [1.807, 2.05) is 0 Å². The predicted molar refractivity (Wildman–Crippen MR) is 265 cm³/mol. The molecule has 0 fully saturated rings. The number of nitrogens with zero attached hydrogens (tertiary/aromatic N) is 3. The van der Waals surface area contributed by atoms with Gasteiger partial charge in [-0.1, -0.05) is 152 Å². The molecule has 14 rings (SSSR count). The Bertz CT molecular complexity index is 3680. The van der Waals surface area contributed by atoms with Crippen LogP contribution in [0, 0.1) is 0 Å². The number of hydrogen-bond acceptors (Lipinski definition) is 2. The van der Waals surface area contributed by atoms with Crippen LogP contribution in [0.1, 0.15) is 22.3 Å². The van der Waals surface area contributed by atoms with E-state index in [1.54, 1.807) is 0 Å². The monoisotopic (exact) mass is 813 g/mol. The van der Waals surface area contributed by atoms with Crippen LogP contribution in [0.3, 0.4) is 0 Å². The average molecular weight is 814 g/mol. The summed E-state index contributed by atoms with van der Waals surface area (Å²) >= 11 is 0. The van der Waals surface area contributed by atoms with Crippen molar-refractivity contribution in [2.75, 3.05) is 9.80 Å². The lowest BCUT2D eigenvalue weighted by Gasteiger charge is -2.34. The normalized spacial score (nSPS) is 14.9. The van der Waals surface area contributed by atoms with Gasteiger partial charge in [-0.15, -0.1) is 0 Å². The summed E-state index contributed by atoms with van der Waals surface area (Å²) in [5, 5.41) is 2.48. The van der Waals surface area contributed by atoms with Crippen molar-refractivity contribution in [1.82, 2.24) is 4.57 Å². The van der Waals surface area contributed by atoms with E-state index >= 15 is 0 Å². The molecule has 3 heteroatoms. The molecule has 1 atom stereocenters. The van der Waals surface area contributed by atoms with Gasteiger partial charge in [-0.2, -0.15) is 0 Å². The predicted octanol–water partition coefficient (Wildman–Crippen LogP) is 16.0. The van der Waals surface area contributed by atoms with Crippen molar-refractivity contribution in [3.8, 4) is 39.1 Å². The Morgan fingerprint density at radius 2 is 0.984 bits per heavy atom. The van der Waals surface area contributed by atoms with Gasteiger partial charge in [0.15, 0.2) is 0 Å². The van der Waals surface area contributed by atoms with E-state index in [0.29, 0.717) is 0 Å². The summed E-state index contributed by atoms with van der Waals surface area (Å²) in [6, 6.07) is 87.9. The zero-order chi connectivity index (χ0) is 41.9. The Hall–Kier alpha value is -8.40. The molecule has 0 radical (unpaired) electrons. The molecule has 2 heterocycles. The molecule has 10 aromatic carbocycles. The van der Waals surface area contributed by atoms with Gasteiger partial charge in [-0.05, 0) is 129 Å². The molecule has 1 aliphatic heterocycles. The molecule has 1 aromatic heterocycles. The molecule has 0 amide bonds. The molecule has 64 heavy (non-hydrogen) atoms. The van der Waals surface area contributed by atoms with Crippen molar-refractivity contribution in [3.05, 3.63) is 259 Å². The zero-order valence-corrected chi connectivity index (χ0v) is 34.9. The van der Waals surface area contributed by atoms with Crippen molar-refractivity contribution in [3.63, 3.8) is 0 Å². The first-order valence-corrected chi connectivity index (χ1v) is 22.2. The third-order valence-electron chi connectivity index (χ3n) is 14.1. The Morgan fingerprint density at radius 1 is 0.344 bits per heavy atom. The van der Waals surface area contributed by atoms with Gasteiger partial charge in [0, 0.05) is 50.3 Å². The maximum absolute atomic E-state index is 2.52. The van der Waals surface area contributed by atoms with Crippen LogP contribution in [0.4, 0.5) is 34.1 Å². The minimum atomic E-state index is -0.556. The quantitative estimate of drug-likeness (QED) is 0.171. The van der Waals surface area contributed by atoms with Gasteiger partial charge < -0.3 is 14.4 Å². The highest BCUT2D eigenvalue weighted by Gasteiger charge is 2.53. The molecule has 4 bridgehead atoms. The van der Waals surface area contributed by atoms with Gasteiger partial charge in [0.2, 0.25) is 0 Å². The van der Waals surface area contributed by atoms with Crippen LogP contribution in [-0.2, 0) is 5.41 Å². The molecule has 298 valence electrons. The van der Waals surface area contributed by atoms with E-state index in [4.69, 9.17) is 0 Å². The minimum absolute atomic E-state index is 0.556. The summed E-state index contributed by atoms with van der Waals surface area (Å²) in [6.45, 7) is 0. The second kappa shape index (κ2) is 13.3. The lowest BCUT2D eigenvalue weighted by Crippen LogP contribution is -2.27. The average Bonchev–Trinajstić information content (AvgIpc) is 3.96. The van der Waals surface area contributed by atoms with E-state index in [2.05, 4.69) is 251 Å². The maximum Gasteiger partial charge on any atom is 0.0727 e. The topological polar surface area (TPSA) is 11.4 Å². The second-order valence-corrected chi connectivity index (χ2v) is 17.2. The Balaban J connectivity index is 1.08. The Morgan fingerprint density at radius 3 is 1.83 bits per heavy atom. The highest BCUT2D eigenvalue weighted by atomic mass is 15.2. The molecule has 2 aliphatic carbocycles. The van der Waals surface area contributed by atoms with E-state index in [9.17, 15) is 0 Å². The number of hydrogen-bond donors (Lipinski definition) is 0. The number of para-hydroxylation sites is 5. The number of anilines is 6. The van der Waals surface area contributed by atoms with Gasteiger partial charge in [0.1, 0.15) is 0 Å². The molecule has 0 saturated carbocycles. The summed E-state index contributed by atoms with van der Waals surface area (Å²) in [7, 11) is 0. The Labute approximate surface area is 372 Å². The zero-order valence-electron chi connectivity index (χ0n) is 34.9. The largest absolute Gasteiger partial charge is 0.310 e. The summed E-state index contributed by atoms with van der Waals surface area (Å²) in [5.41, 5.74) is 22.6. The van der Waals surface area contributed by atoms with Crippen molar-refractivity contribution in [1.29, 1.82) is 0 Å². The fourth-order valence-corrected chi connectivity index (χ4v) is 11.6. The first-order valence-electron chi connectivity index (χ1n) is 22.2. The third kappa shape index (κ3) is 4.70. The standard InChI is InChI=1S/C61H39N3/c1-4-17-41(18-5-1)62-44-32-35-48-47-24-10-13-26-52(47)61(55(48)38-44)53-27-16-30-58(60(53)51-34-31-40(37-54(51)61)46-23-11-14-28-56(46)62)63(42-19-6-2-7-20-42)45-33-36-50-49-25-12-15-29-57(49)64(59(50)39-45)43-21-8-3-9-22-43/h1-39H. The summed E-state index contributed by atoms with van der Waals surface area (Å²) in [4.78, 5) is 4.93. The SMILES string of the molecule is c1ccc(N2c3ccc4c(c3)C3(c5ccccc5-4)c4cc(ccc4-c4c(N(c5ccccc5)c5ccc6c7ccccc7n(-c7ccccc7)c6c5)cccc43)-c3ccccc32)cc1. The van der Waals surface area contributed by atoms with Crippen LogP contribution in [0.15, 0.2) is 237 Å². The number of benzene rings is 10. The fourth-order valence-electron chi connectivity index (χ4n) is 11.6. The molecule has 3 nitrogen and oxygen atoms in total. The Kier molecular flexibility index (Phi) is 7.32.